The van der Waals surface area contributed by atoms with Gasteiger partial charge in [-0.25, -0.2) is 0 Å². The summed E-state index contributed by atoms with van der Waals surface area (Å²) < 4.78 is 13.0. The van der Waals surface area contributed by atoms with Crippen LogP contribution in [0.15, 0.2) is 53.2 Å². The summed E-state index contributed by atoms with van der Waals surface area (Å²) in [6.45, 7) is 2.81. The number of hydrogen-bond acceptors (Lipinski definition) is 8. The van der Waals surface area contributed by atoms with Gasteiger partial charge in [-0.3, -0.25) is 14.3 Å². The van der Waals surface area contributed by atoms with Crippen LogP contribution in [0, 0.1) is 17.2 Å². The first kappa shape index (κ1) is 24.5. The van der Waals surface area contributed by atoms with Gasteiger partial charge in [0.2, 0.25) is 23.5 Å². The molecule has 202 valence electrons. The van der Waals surface area contributed by atoms with E-state index in [1.165, 1.54) is 0 Å². The van der Waals surface area contributed by atoms with Crippen LogP contribution in [-0.2, 0) is 14.3 Å². The predicted octanol–water partition coefficient (Wildman–Crippen LogP) is 3.29. The maximum absolute atomic E-state index is 13.3. The van der Waals surface area contributed by atoms with Gasteiger partial charge in [0.15, 0.2) is 0 Å². The van der Waals surface area contributed by atoms with Gasteiger partial charge in [-0.2, -0.15) is 15.3 Å². The number of nitrogens with zero attached hydrogens (tertiary/aromatic N) is 7. The van der Waals surface area contributed by atoms with E-state index in [-0.39, 0.29) is 36.1 Å². The Morgan fingerprint density at radius 2 is 1.95 bits per heavy atom. The Kier molecular flexibility index (Phi) is 6.04. The number of hydrogen-bond donors (Lipinski definition) is 0. The molecule has 1 atom stereocenters. The van der Waals surface area contributed by atoms with Crippen molar-refractivity contribution in [2.45, 2.75) is 31.2 Å². The maximum atomic E-state index is 13.3. The van der Waals surface area contributed by atoms with Crippen LogP contribution >= 0.6 is 0 Å². The van der Waals surface area contributed by atoms with Crippen LogP contribution in [0.3, 0.4) is 0 Å². The standard InChI is InChI=1S/C29H27N7O4/c30-13-18-2-1-3-23(10-18)35-15-22(12-26(35)37)29(38)34-8-6-19(7-9-34)28-32-27(33-40-28)20-4-5-21-14-31-36(25(21)11-20)24-16-39-17-24/h1-5,10-11,14,19,22,24H,6-9,12,15-17H2/t22-/m1/s1. The van der Waals surface area contributed by atoms with Gasteiger partial charge in [0, 0.05) is 48.6 Å². The minimum Gasteiger partial charge on any atom is -0.377 e. The van der Waals surface area contributed by atoms with Gasteiger partial charge in [0.1, 0.15) is 0 Å². The normalized spacial score (nSPS) is 20.2. The van der Waals surface area contributed by atoms with Crippen molar-refractivity contribution in [3.05, 3.63) is 60.1 Å². The average Bonchev–Trinajstić information content (AvgIpc) is 3.71. The highest BCUT2D eigenvalue weighted by Crippen LogP contribution is 2.33. The number of anilines is 1. The fraction of sp³-hybridized carbons (Fsp3) is 0.379. The summed E-state index contributed by atoms with van der Waals surface area (Å²) in [7, 11) is 0. The number of ether oxygens (including phenoxy) is 1. The summed E-state index contributed by atoms with van der Waals surface area (Å²) in [5.74, 6) is 0.713. The van der Waals surface area contributed by atoms with E-state index >= 15 is 0 Å². The molecule has 11 heteroatoms. The van der Waals surface area contributed by atoms with E-state index in [2.05, 4.69) is 16.3 Å². The van der Waals surface area contributed by atoms with Crippen LogP contribution in [0.4, 0.5) is 5.69 Å². The van der Waals surface area contributed by atoms with Crippen molar-refractivity contribution in [1.29, 1.82) is 5.26 Å². The molecule has 0 aliphatic carbocycles. The molecule has 11 nitrogen and oxygen atoms in total. The lowest BCUT2D eigenvalue weighted by Crippen LogP contribution is -2.42. The average molecular weight is 538 g/mol. The molecule has 5 heterocycles. The Balaban J connectivity index is 0.990. The fourth-order valence-electron chi connectivity index (χ4n) is 5.82. The second-order valence-electron chi connectivity index (χ2n) is 10.7. The molecule has 0 unspecified atom stereocenters. The third-order valence-electron chi connectivity index (χ3n) is 8.18. The zero-order chi connectivity index (χ0) is 27.2. The molecule has 3 aliphatic rings. The first-order chi connectivity index (χ1) is 19.6. The first-order valence-corrected chi connectivity index (χ1v) is 13.6. The first-order valence-electron chi connectivity index (χ1n) is 13.6. The molecule has 7 rings (SSSR count). The molecule has 0 N–H and O–H groups in total. The Morgan fingerprint density at radius 3 is 2.73 bits per heavy atom. The summed E-state index contributed by atoms with van der Waals surface area (Å²) in [5, 5.41) is 19.0. The summed E-state index contributed by atoms with van der Waals surface area (Å²) in [4.78, 5) is 34.2. The van der Waals surface area contributed by atoms with E-state index < -0.39 is 0 Å². The summed E-state index contributed by atoms with van der Waals surface area (Å²) in [6, 6.07) is 15.3. The molecule has 0 bridgehead atoms. The lowest BCUT2D eigenvalue weighted by molar-refractivity contribution is -0.136. The molecule has 40 heavy (non-hydrogen) atoms. The number of nitriles is 1. The van der Waals surface area contributed by atoms with Crippen LogP contribution in [0.1, 0.15) is 42.7 Å². The molecule has 3 saturated heterocycles. The minimum atomic E-state index is -0.389. The molecule has 2 aromatic carbocycles. The molecule has 0 spiro atoms. The number of amides is 2. The minimum absolute atomic E-state index is 0.00117. The van der Waals surface area contributed by atoms with E-state index in [4.69, 9.17) is 14.2 Å². The monoisotopic (exact) mass is 537 g/mol. The van der Waals surface area contributed by atoms with E-state index in [1.807, 2.05) is 34.0 Å². The number of carbonyl (C=O) groups excluding carboxylic acids is 2. The van der Waals surface area contributed by atoms with Gasteiger partial charge in [-0.15, -0.1) is 0 Å². The van der Waals surface area contributed by atoms with Gasteiger partial charge < -0.3 is 19.1 Å². The van der Waals surface area contributed by atoms with Crippen molar-refractivity contribution >= 4 is 28.4 Å². The van der Waals surface area contributed by atoms with E-state index in [1.54, 1.807) is 29.2 Å². The highest BCUT2D eigenvalue weighted by Gasteiger charge is 2.38. The zero-order valence-electron chi connectivity index (χ0n) is 21.8. The molecule has 2 aromatic heterocycles. The second-order valence-corrected chi connectivity index (χ2v) is 10.7. The van der Waals surface area contributed by atoms with Crippen LogP contribution in [-0.4, -0.2) is 69.5 Å². The molecule has 3 fully saturated rings. The number of carbonyl (C=O) groups is 2. The Labute approximate surface area is 229 Å². The van der Waals surface area contributed by atoms with Crippen molar-refractivity contribution in [2.75, 3.05) is 37.7 Å². The number of rotatable bonds is 5. The number of likely N-dealkylation sites (tertiary alicyclic amines) is 1. The molecule has 4 aromatic rings. The van der Waals surface area contributed by atoms with E-state index in [9.17, 15) is 14.9 Å². The molecular weight excluding hydrogens is 510 g/mol. The maximum Gasteiger partial charge on any atom is 0.230 e. The topological polar surface area (TPSA) is 130 Å². The number of benzene rings is 2. The Hall–Kier alpha value is -4.56. The van der Waals surface area contributed by atoms with Crippen LogP contribution in [0.2, 0.25) is 0 Å². The summed E-state index contributed by atoms with van der Waals surface area (Å²) >= 11 is 0. The SMILES string of the molecule is N#Cc1cccc(N2C[C@H](C(=O)N3CCC(c4nc(-c5ccc6cnn(C7COC7)c6c5)no4)CC3)CC2=O)c1. The predicted molar refractivity (Wildman–Crippen MR) is 143 cm³/mol. The summed E-state index contributed by atoms with van der Waals surface area (Å²) in [6.07, 6.45) is 3.48. The van der Waals surface area contributed by atoms with Crippen LogP contribution < -0.4 is 4.90 Å². The van der Waals surface area contributed by atoms with E-state index in [0.717, 1.165) is 29.3 Å². The van der Waals surface area contributed by atoms with Crippen molar-refractivity contribution in [3.63, 3.8) is 0 Å². The molecule has 3 aliphatic heterocycles. The van der Waals surface area contributed by atoms with Gasteiger partial charge >= 0.3 is 0 Å². The number of fused-ring (bicyclic) bond motifs is 1. The number of piperidine rings is 1. The lowest BCUT2D eigenvalue weighted by Gasteiger charge is -2.32. The third-order valence-corrected chi connectivity index (χ3v) is 8.18. The fourth-order valence-corrected chi connectivity index (χ4v) is 5.82. The lowest BCUT2D eigenvalue weighted by atomic mass is 9.95. The van der Waals surface area contributed by atoms with Gasteiger partial charge in [0.25, 0.3) is 0 Å². The molecule has 0 radical (unpaired) electrons. The van der Waals surface area contributed by atoms with Gasteiger partial charge in [0.05, 0.1) is 48.5 Å². The highest BCUT2D eigenvalue weighted by atomic mass is 16.5. The molecule has 0 saturated carbocycles. The van der Waals surface area contributed by atoms with Crippen molar-refractivity contribution in [1.82, 2.24) is 24.8 Å². The van der Waals surface area contributed by atoms with E-state index in [0.29, 0.717) is 55.8 Å². The smallest absolute Gasteiger partial charge is 0.230 e. The Bertz CT molecular complexity index is 1640. The quantitative estimate of drug-likeness (QED) is 0.379. The van der Waals surface area contributed by atoms with Gasteiger partial charge in [-0.05, 0) is 37.1 Å². The van der Waals surface area contributed by atoms with Crippen molar-refractivity contribution in [3.8, 4) is 17.5 Å². The van der Waals surface area contributed by atoms with Crippen molar-refractivity contribution < 1.29 is 18.8 Å². The second kappa shape index (κ2) is 9.88. The Morgan fingerprint density at radius 1 is 1.10 bits per heavy atom. The highest BCUT2D eigenvalue weighted by molar-refractivity contribution is 6.00. The van der Waals surface area contributed by atoms with Crippen LogP contribution in [0.25, 0.3) is 22.3 Å². The largest absolute Gasteiger partial charge is 0.377 e. The van der Waals surface area contributed by atoms with Gasteiger partial charge in [-0.1, -0.05) is 23.4 Å². The van der Waals surface area contributed by atoms with Crippen molar-refractivity contribution in [2.24, 2.45) is 5.92 Å². The third kappa shape index (κ3) is 4.30. The molecule has 2 amide bonds. The zero-order valence-corrected chi connectivity index (χ0v) is 21.8. The summed E-state index contributed by atoms with van der Waals surface area (Å²) in [5.41, 5.74) is 3.03. The molecular formula is C29H27N7O4. The van der Waals surface area contributed by atoms with Crippen LogP contribution in [0.5, 0.6) is 0 Å². The number of aromatic nitrogens is 4.